The Bertz CT molecular complexity index is 975. The molecule has 0 aromatic heterocycles. The topological polar surface area (TPSA) is 32.3 Å². The second kappa shape index (κ2) is 10.5. The molecule has 0 fully saturated rings. The first kappa shape index (κ1) is 24.1. The number of rotatable bonds is 8. The van der Waals surface area contributed by atoms with Gasteiger partial charge in [-0.2, -0.15) is 13.2 Å². The number of nitrogens with zero attached hydrogens (tertiary/aromatic N) is 1. The number of benzene rings is 2. The van der Waals surface area contributed by atoms with Crippen molar-refractivity contribution in [3.05, 3.63) is 58.7 Å². The molecule has 33 heavy (non-hydrogen) atoms. The molecule has 2 aromatic rings. The van der Waals surface area contributed by atoms with E-state index in [0.29, 0.717) is 6.04 Å². The van der Waals surface area contributed by atoms with Crippen molar-refractivity contribution in [1.82, 2.24) is 4.90 Å². The minimum absolute atomic E-state index is 0.166. The summed E-state index contributed by atoms with van der Waals surface area (Å²) in [6.45, 7) is 4.32. The van der Waals surface area contributed by atoms with Crippen LogP contribution in [0.2, 0.25) is 0 Å². The average Bonchev–Trinajstić information content (AvgIpc) is 3.24. The largest absolute Gasteiger partial charge is 0.471 e. The normalized spacial score (nSPS) is 17.7. The van der Waals surface area contributed by atoms with E-state index < -0.39 is 12.1 Å². The third-order valence-corrected chi connectivity index (χ3v) is 7.72. The molecule has 1 aliphatic carbocycles. The van der Waals surface area contributed by atoms with Crippen LogP contribution in [-0.2, 0) is 30.5 Å². The van der Waals surface area contributed by atoms with Crippen LogP contribution in [0.4, 0.5) is 18.9 Å². The van der Waals surface area contributed by atoms with Crippen molar-refractivity contribution in [3.63, 3.8) is 0 Å². The van der Waals surface area contributed by atoms with E-state index in [-0.39, 0.29) is 5.69 Å². The van der Waals surface area contributed by atoms with Gasteiger partial charge in [-0.1, -0.05) is 25.1 Å². The molecule has 0 saturated carbocycles. The van der Waals surface area contributed by atoms with Crippen LogP contribution in [0.3, 0.4) is 0 Å². The number of nitrogens with one attached hydrogen (secondary N) is 1. The van der Waals surface area contributed by atoms with Gasteiger partial charge in [0.2, 0.25) is 0 Å². The van der Waals surface area contributed by atoms with Gasteiger partial charge < -0.3 is 10.2 Å². The van der Waals surface area contributed by atoms with Crippen LogP contribution in [0.15, 0.2) is 41.3 Å². The maximum Gasteiger partial charge on any atom is 0.471 e. The quantitative estimate of drug-likeness (QED) is 0.504. The summed E-state index contributed by atoms with van der Waals surface area (Å²) in [4.78, 5) is 15.2. The van der Waals surface area contributed by atoms with E-state index >= 15 is 0 Å². The monoisotopic (exact) mass is 476 g/mol. The lowest BCUT2D eigenvalue weighted by atomic mass is 9.86. The number of thioether (sulfide) groups is 1. The van der Waals surface area contributed by atoms with Gasteiger partial charge in [0, 0.05) is 22.4 Å². The van der Waals surface area contributed by atoms with Crippen LogP contribution in [0.1, 0.15) is 48.4 Å². The molecule has 7 heteroatoms. The molecule has 1 unspecified atom stereocenters. The molecule has 0 saturated heterocycles. The molecule has 2 aliphatic rings. The minimum atomic E-state index is -4.88. The molecule has 1 N–H and O–H groups in total. The van der Waals surface area contributed by atoms with Gasteiger partial charge >= 0.3 is 12.1 Å². The summed E-state index contributed by atoms with van der Waals surface area (Å²) >= 11 is 1.98. The van der Waals surface area contributed by atoms with Crippen molar-refractivity contribution in [1.29, 1.82) is 0 Å². The highest BCUT2D eigenvalue weighted by Gasteiger charge is 2.38. The highest BCUT2D eigenvalue weighted by atomic mass is 32.2. The Labute approximate surface area is 198 Å². The van der Waals surface area contributed by atoms with Gasteiger partial charge in [-0.15, -0.1) is 11.8 Å². The highest BCUT2D eigenvalue weighted by molar-refractivity contribution is 7.99. The molecule has 1 atom stereocenters. The third-order valence-electron chi connectivity index (χ3n) is 6.62. The van der Waals surface area contributed by atoms with Crippen LogP contribution in [0.25, 0.3) is 0 Å². The molecule has 4 rings (SSSR count). The molecular formula is C26H31F3N2OS. The van der Waals surface area contributed by atoms with E-state index in [1.807, 2.05) is 17.1 Å². The van der Waals surface area contributed by atoms with Crippen molar-refractivity contribution in [2.45, 2.75) is 69.0 Å². The average molecular weight is 477 g/mol. The molecule has 1 aliphatic heterocycles. The Morgan fingerprint density at radius 3 is 2.61 bits per heavy atom. The summed E-state index contributed by atoms with van der Waals surface area (Å²) in [5, 5.41) is 1.89. The number of hydrogen-bond donors (Lipinski definition) is 1. The molecule has 3 nitrogen and oxygen atoms in total. The summed E-state index contributed by atoms with van der Waals surface area (Å²) in [5.41, 5.74) is 5.84. The van der Waals surface area contributed by atoms with Crippen LogP contribution in [-0.4, -0.2) is 41.9 Å². The highest BCUT2D eigenvalue weighted by Crippen LogP contribution is 2.36. The summed E-state index contributed by atoms with van der Waals surface area (Å²) < 4.78 is 37.2. The van der Waals surface area contributed by atoms with Crippen molar-refractivity contribution in [2.24, 2.45) is 0 Å². The summed E-state index contributed by atoms with van der Waals surface area (Å²) in [7, 11) is 0. The molecule has 0 bridgehead atoms. The maximum absolute atomic E-state index is 12.4. The van der Waals surface area contributed by atoms with Crippen LogP contribution in [0, 0.1) is 0 Å². The van der Waals surface area contributed by atoms with Crippen molar-refractivity contribution in [2.75, 3.05) is 24.2 Å². The van der Waals surface area contributed by atoms with Gasteiger partial charge in [-0.25, -0.2) is 0 Å². The first-order valence-electron chi connectivity index (χ1n) is 11.8. The van der Waals surface area contributed by atoms with Crippen molar-refractivity contribution < 1.29 is 18.0 Å². The number of aryl methyl sites for hydroxylation is 3. The predicted molar refractivity (Wildman–Crippen MR) is 128 cm³/mol. The molecule has 2 aromatic carbocycles. The van der Waals surface area contributed by atoms with E-state index in [2.05, 4.69) is 24.0 Å². The fourth-order valence-electron chi connectivity index (χ4n) is 4.94. The number of anilines is 1. The number of fused-ring (bicyclic) bond motifs is 2. The summed E-state index contributed by atoms with van der Waals surface area (Å²) in [6.07, 6.45) is 2.79. The number of hydrogen-bond acceptors (Lipinski definition) is 3. The van der Waals surface area contributed by atoms with E-state index in [0.717, 1.165) is 50.8 Å². The first-order chi connectivity index (χ1) is 15.8. The van der Waals surface area contributed by atoms with Crippen molar-refractivity contribution >= 4 is 23.4 Å². The van der Waals surface area contributed by atoms with E-state index in [1.165, 1.54) is 46.7 Å². The molecular weight excluding hydrogens is 445 g/mol. The predicted octanol–water partition coefficient (Wildman–Crippen LogP) is 6.04. The number of alkyl halides is 3. The standard InChI is InChI=1S/C26H31F3N2OS/c1-2-12-31(23-10-7-19-15-20-11-14-33-24(20)17-21(19)16-23)13-3-4-18-5-8-22(9-6-18)30-25(32)26(27,28)29/h5-6,8-9,15,17,23H,2-4,7,10-14,16H2,1H3,(H,30,32). The van der Waals surface area contributed by atoms with Crippen LogP contribution >= 0.6 is 11.8 Å². The number of carbonyl (C=O) groups excluding carboxylic acids is 1. The number of halogens is 3. The van der Waals surface area contributed by atoms with E-state index in [1.54, 1.807) is 17.7 Å². The summed E-state index contributed by atoms with van der Waals surface area (Å²) in [5.74, 6) is -0.734. The zero-order valence-corrected chi connectivity index (χ0v) is 19.8. The third kappa shape index (κ3) is 6.12. The SMILES string of the molecule is CCCN(CCCc1ccc(NC(=O)C(F)(F)F)cc1)C1CCc2cc3c(cc2C1)SCC3. The van der Waals surface area contributed by atoms with Gasteiger partial charge in [0.15, 0.2) is 0 Å². The lowest BCUT2D eigenvalue weighted by molar-refractivity contribution is -0.167. The molecule has 1 heterocycles. The number of carbonyl (C=O) groups is 1. The Hall–Kier alpha value is -1.99. The second-order valence-electron chi connectivity index (χ2n) is 9.01. The molecule has 178 valence electrons. The fourth-order valence-corrected chi connectivity index (χ4v) is 6.05. The first-order valence-corrected chi connectivity index (χ1v) is 12.8. The van der Waals surface area contributed by atoms with Crippen LogP contribution in [0.5, 0.6) is 0 Å². The minimum Gasteiger partial charge on any atom is -0.318 e. The van der Waals surface area contributed by atoms with Gasteiger partial charge in [-0.05, 0) is 98.5 Å². The van der Waals surface area contributed by atoms with Gasteiger partial charge in [-0.3, -0.25) is 4.79 Å². The second-order valence-corrected chi connectivity index (χ2v) is 10.1. The lowest BCUT2D eigenvalue weighted by Crippen LogP contribution is -2.40. The zero-order valence-electron chi connectivity index (χ0n) is 19.0. The Morgan fingerprint density at radius 2 is 1.88 bits per heavy atom. The van der Waals surface area contributed by atoms with Crippen LogP contribution < -0.4 is 5.32 Å². The van der Waals surface area contributed by atoms with E-state index in [4.69, 9.17) is 0 Å². The Morgan fingerprint density at radius 1 is 1.09 bits per heavy atom. The Kier molecular flexibility index (Phi) is 7.69. The lowest BCUT2D eigenvalue weighted by Gasteiger charge is -2.35. The molecule has 1 amide bonds. The van der Waals surface area contributed by atoms with Crippen molar-refractivity contribution in [3.8, 4) is 0 Å². The van der Waals surface area contributed by atoms with Gasteiger partial charge in [0.1, 0.15) is 0 Å². The van der Waals surface area contributed by atoms with Gasteiger partial charge in [0.25, 0.3) is 0 Å². The number of amides is 1. The molecule has 0 radical (unpaired) electrons. The Balaban J connectivity index is 1.30. The fraction of sp³-hybridized carbons (Fsp3) is 0.500. The van der Waals surface area contributed by atoms with E-state index in [9.17, 15) is 18.0 Å². The smallest absolute Gasteiger partial charge is 0.318 e. The van der Waals surface area contributed by atoms with Gasteiger partial charge in [0.05, 0.1) is 0 Å². The molecule has 0 spiro atoms. The maximum atomic E-state index is 12.4. The summed E-state index contributed by atoms with van der Waals surface area (Å²) in [6, 6.07) is 12.1. The zero-order chi connectivity index (χ0) is 23.4.